The lowest BCUT2D eigenvalue weighted by Gasteiger charge is -2.19. The third kappa shape index (κ3) is 5.23. The van der Waals surface area contributed by atoms with Gasteiger partial charge >= 0.3 is 5.97 Å². The van der Waals surface area contributed by atoms with Crippen LogP contribution in [0, 0.1) is 13.8 Å². The topological polar surface area (TPSA) is 64.6 Å². The van der Waals surface area contributed by atoms with Crippen LogP contribution in [0.2, 0.25) is 5.02 Å². The van der Waals surface area contributed by atoms with Gasteiger partial charge in [0.05, 0.1) is 17.2 Å². The number of amides is 1. The summed E-state index contributed by atoms with van der Waals surface area (Å²) in [7, 11) is 0. The Morgan fingerprint density at radius 3 is 2.56 bits per heavy atom. The highest BCUT2D eigenvalue weighted by molar-refractivity contribution is 6.33. The molecule has 144 valence electrons. The number of nitrogens with one attached hydrogen (secondary N) is 1. The SMILES string of the molecule is CCOC(=O)c1cc(NC(=O)[C@H](CC)Oc2cccc(C)c2C)ccc1Cl. The zero-order valence-corrected chi connectivity index (χ0v) is 16.7. The molecule has 0 saturated carbocycles. The summed E-state index contributed by atoms with van der Waals surface area (Å²) in [5.41, 5.74) is 2.76. The highest BCUT2D eigenvalue weighted by Crippen LogP contribution is 2.24. The number of rotatable bonds is 7. The smallest absolute Gasteiger partial charge is 0.339 e. The highest BCUT2D eigenvalue weighted by Gasteiger charge is 2.21. The lowest BCUT2D eigenvalue weighted by molar-refractivity contribution is -0.122. The Morgan fingerprint density at radius 2 is 1.89 bits per heavy atom. The summed E-state index contributed by atoms with van der Waals surface area (Å²) in [5.74, 6) is -0.145. The van der Waals surface area contributed by atoms with Crippen molar-refractivity contribution in [2.45, 2.75) is 40.2 Å². The van der Waals surface area contributed by atoms with Gasteiger partial charge in [-0.1, -0.05) is 30.7 Å². The summed E-state index contributed by atoms with van der Waals surface area (Å²) in [6.45, 7) is 7.79. The molecular weight excluding hydrogens is 366 g/mol. The summed E-state index contributed by atoms with van der Waals surface area (Å²) in [6.07, 6.45) is -0.162. The van der Waals surface area contributed by atoms with Crippen molar-refractivity contribution in [3.05, 3.63) is 58.1 Å². The van der Waals surface area contributed by atoms with E-state index in [4.69, 9.17) is 21.1 Å². The highest BCUT2D eigenvalue weighted by atomic mass is 35.5. The van der Waals surface area contributed by atoms with Crippen molar-refractivity contribution in [3.8, 4) is 5.75 Å². The van der Waals surface area contributed by atoms with Crippen molar-refractivity contribution >= 4 is 29.2 Å². The second-order valence-corrected chi connectivity index (χ2v) is 6.52. The zero-order chi connectivity index (χ0) is 20.0. The fraction of sp³-hybridized carbons (Fsp3) is 0.333. The number of hydrogen-bond acceptors (Lipinski definition) is 4. The first-order valence-corrected chi connectivity index (χ1v) is 9.25. The van der Waals surface area contributed by atoms with E-state index in [9.17, 15) is 9.59 Å². The van der Waals surface area contributed by atoms with Gasteiger partial charge in [-0.05, 0) is 62.6 Å². The monoisotopic (exact) mass is 389 g/mol. The van der Waals surface area contributed by atoms with E-state index in [-0.39, 0.29) is 23.1 Å². The summed E-state index contributed by atoms with van der Waals surface area (Å²) >= 11 is 6.05. The lowest BCUT2D eigenvalue weighted by atomic mass is 10.1. The molecule has 0 spiro atoms. The molecule has 2 rings (SSSR count). The Kier molecular flexibility index (Phi) is 7.25. The molecule has 0 fully saturated rings. The number of anilines is 1. The van der Waals surface area contributed by atoms with Crippen LogP contribution in [0.3, 0.4) is 0 Å². The molecule has 0 aromatic heterocycles. The Bertz CT molecular complexity index is 835. The predicted octanol–water partition coefficient (Wildman–Crippen LogP) is 4.93. The molecule has 2 aromatic carbocycles. The Labute approximate surface area is 164 Å². The average Bonchev–Trinajstić information content (AvgIpc) is 2.64. The summed E-state index contributed by atoms with van der Waals surface area (Å²) in [4.78, 5) is 24.6. The normalized spacial score (nSPS) is 11.6. The van der Waals surface area contributed by atoms with Gasteiger partial charge in [0.2, 0.25) is 0 Å². The summed E-state index contributed by atoms with van der Waals surface area (Å²) in [6, 6.07) is 10.4. The molecule has 2 aromatic rings. The van der Waals surface area contributed by atoms with E-state index in [2.05, 4.69) is 5.32 Å². The van der Waals surface area contributed by atoms with Crippen molar-refractivity contribution in [1.29, 1.82) is 0 Å². The standard InChI is InChI=1S/C21H24ClNO4/c1-5-18(27-19-9-7-8-13(3)14(19)4)20(24)23-15-10-11-17(22)16(12-15)21(25)26-6-2/h7-12,18H,5-6H2,1-4H3,(H,23,24)/t18-/m0/s1. The van der Waals surface area contributed by atoms with Crippen LogP contribution >= 0.6 is 11.6 Å². The van der Waals surface area contributed by atoms with Gasteiger partial charge in [-0.2, -0.15) is 0 Å². The van der Waals surface area contributed by atoms with Crippen molar-refractivity contribution in [3.63, 3.8) is 0 Å². The number of aryl methyl sites for hydroxylation is 1. The molecule has 27 heavy (non-hydrogen) atoms. The van der Waals surface area contributed by atoms with Gasteiger partial charge in [0, 0.05) is 5.69 Å². The van der Waals surface area contributed by atoms with Gasteiger partial charge in [0.15, 0.2) is 6.10 Å². The molecule has 0 aliphatic heterocycles. The lowest BCUT2D eigenvalue weighted by Crippen LogP contribution is -2.32. The minimum Gasteiger partial charge on any atom is -0.480 e. The van der Waals surface area contributed by atoms with E-state index in [0.717, 1.165) is 11.1 Å². The van der Waals surface area contributed by atoms with E-state index < -0.39 is 12.1 Å². The first kappa shape index (κ1) is 20.8. The first-order valence-electron chi connectivity index (χ1n) is 8.87. The van der Waals surface area contributed by atoms with Crippen LogP contribution < -0.4 is 10.1 Å². The van der Waals surface area contributed by atoms with Crippen LogP contribution in [-0.2, 0) is 9.53 Å². The van der Waals surface area contributed by atoms with Gasteiger partial charge in [-0.3, -0.25) is 4.79 Å². The molecule has 0 heterocycles. The number of benzene rings is 2. The van der Waals surface area contributed by atoms with E-state index in [0.29, 0.717) is 17.9 Å². The van der Waals surface area contributed by atoms with Gasteiger partial charge in [-0.25, -0.2) is 4.79 Å². The van der Waals surface area contributed by atoms with Crippen LogP contribution in [-0.4, -0.2) is 24.6 Å². The number of hydrogen-bond donors (Lipinski definition) is 1. The number of carbonyl (C=O) groups excluding carboxylic acids is 2. The number of ether oxygens (including phenoxy) is 2. The molecule has 0 unspecified atom stereocenters. The predicted molar refractivity (Wildman–Crippen MR) is 107 cm³/mol. The van der Waals surface area contributed by atoms with Crippen LogP contribution in [0.15, 0.2) is 36.4 Å². The molecule has 0 radical (unpaired) electrons. The molecule has 1 amide bonds. The average molecular weight is 390 g/mol. The third-order valence-corrected chi connectivity index (χ3v) is 4.55. The molecule has 1 N–H and O–H groups in total. The molecule has 0 aliphatic rings. The molecule has 0 saturated heterocycles. The quantitative estimate of drug-likeness (QED) is 0.682. The van der Waals surface area contributed by atoms with E-state index in [1.54, 1.807) is 19.1 Å². The fourth-order valence-electron chi connectivity index (χ4n) is 2.52. The summed E-state index contributed by atoms with van der Waals surface area (Å²) in [5, 5.41) is 3.05. The second kappa shape index (κ2) is 9.42. The molecule has 0 aliphatic carbocycles. The molecule has 1 atom stereocenters. The maximum absolute atomic E-state index is 12.7. The molecular formula is C21H24ClNO4. The van der Waals surface area contributed by atoms with Crippen molar-refractivity contribution in [1.82, 2.24) is 0 Å². The van der Waals surface area contributed by atoms with Crippen molar-refractivity contribution in [2.75, 3.05) is 11.9 Å². The maximum atomic E-state index is 12.7. The largest absolute Gasteiger partial charge is 0.480 e. The minimum atomic E-state index is -0.660. The van der Waals surface area contributed by atoms with Crippen LogP contribution in [0.4, 0.5) is 5.69 Å². The van der Waals surface area contributed by atoms with Crippen molar-refractivity contribution in [2.24, 2.45) is 0 Å². The third-order valence-electron chi connectivity index (χ3n) is 4.22. The number of halogens is 1. The van der Waals surface area contributed by atoms with Crippen molar-refractivity contribution < 1.29 is 19.1 Å². The fourth-order valence-corrected chi connectivity index (χ4v) is 2.71. The first-order chi connectivity index (χ1) is 12.9. The van der Waals surface area contributed by atoms with Gasteiger partial charge in [0.1, 0.15) is 5.75 Å². The molecule has 5 nitrogen and oxygen atoms in total. The summed E-state index contributed by atoms with van der Waals surface area (Å²) < 4.78 is 10.9. The second-order valence-electron chi connectivity index (χ2n) is 6.12. The Morgan fingerprint density at radius 1 is 1.15 bits per heavy atom. The van der Waals surface area contributed by atoms with E-state index >= 15 is 0 Å². The van der Waals surface area contributed by atoms with E-state index in [1.807, 2.05) is 39.0 Å². The molecule has 0 bridgehead atoms. The number of carbonyl (C=O) groups is 2. The van der Waals surface area contributed by atoms with E-state index in [1.165, 1.54) is 6.07 Å². The van der Waals surface area contributed by atoms with Gasteiger partial charge < -0.3 is 14.8 Å². The van der Waals surface area contributed by atoms with Crippen LogP contribution in [0.5, 0.6) is 5.75 Å². The Balaban J connectivity index is 2.16. The van der Waals surface area contributed by atoms with Crippen LogP contribution in [0.25, 0.3) is 0 Å². The zero-order valence-electron chi connectivity index (χ0n) is 16.0. The van der Waals surface area contributed by atoms with Gasteiger partial charge in [-0.15, -0.1) is 0 Å². The van der Waals surface area contributed by atoms with Crippen LogP contribution in [0.1, 0.15) is 41.8 Å². The Hall–Kier alpha value is -2.53. The number of esters is 1. The maximum Gasteiger partial charge on any atom is 0.339 e. The van der Waals surface area contributed by atoms with Gasteiger partial charge in [0.25, 0.3) is 5.91 Å². The minimum absolute atomic E-state index is 0.208. The molecule has 6 heteroatoms.